The van der Waals surface area contributed by atoms with Crippen LogP contribution in [0.3, 0.4) is 0 Å². The van der Waals surface area contributed by atoms with Crippen molar-refractivity contribution in [2.24, 2.45) is 5.92 Å². The lowest BCUT2D eigenvalue weighted by atomic mass is 9.83. The van der Waals surface area contributed by atoms with Crippen molar-refractivity contribution in [2.45, 2.75) is 18.9 Å². The van der Waals surface area contributed by atoms with Gasteiger partial charge in [-0.2, -0.15) is 0 Å². The van der Waals surface area contributed by atoms with Crippen molar-refractivity contribution in [1.82, 2.24) is 5.32 Å². The fourth-order valence-electron chi connectivity index (χ4n) is 2.28. The third kappa shape index (κ3) is 2.59. The zero-order valence-corrected chi connectivity index (χ0v) is 11.7. The number of benzene rings is 1. The van der Waals surface area contributed by atoms with Gasteiger partial charge in [0.25, 0.3) is 0 Å². The van der Waals surface area contributed by atoms with E-state index in [2.05, 4.69) is 5.32 Å². The number of carbonyl (C=O) groups excluding carboxylic acids is 2. The van der Waals surface area contributed by atoms with Gasteiger partial charge < -0.3 is 10.4 Å². The monoisotopic (exact) mass is 289 g/mol. The van der Waals surface area contributed by atoms with E-state index in [0.717, 1.165) is 15.0 Å². The molecule has 1 atom stereocenters. The lowest BCUT2D eigenvalue weighted by molar-refractivity contribution is -0.138. The van der Waals surface area contributed by atoms with E-state index in [9.17, 15) is 14.7 Å². The number of rotatable bonds is 4. The van der Waals surface area contributed by atoms with Crippen LogP contribution in [0.5, 0.6) is 0 Å². The van der Waals surface area contributed by atoms with E-state index in [4.69, 9.17) is 0 Å². The van der Waals surface area contributed by atoms with Crippen molar-refractivity contribution < 1.29 is 14.7 Å². The molecule has 4 nitrogen and oxygen atoms in total. The first-order valence-corrected chi connectivity index (χ1v) is 7.41. The van der Waals surface area contributed by atoms with Crippen LogP contribution in [-0.4, -0.2) is 23.3 Å². The summed E-state index contributed by atoms with van der Waals surface area (Å²) in [5.41, 5.74) is 0. The zero-order valence-electron chi connectivity index (χ0n) is 10.8. The summed E-state index contributed by atoms with van der Waals surface area (Å²) in [5, 5.41) is 13.9. The molecular formula is C15H15NO3S. The average Bonchev–Trinajstić information content (AvgIpc) is 2.84. The van der Waals surface area contributed by atoms with Crippen LogP contribution >= 0.6 is 11.3 Å². The third-order valence-electron chi connectivity index (χ3n) is 3.56. The maximum absolute atomic E-state index is 11.7. The molecule has 1 fully saturated rings. The Morgan fingerprint density at radius 2 is 2.15 bits per heavy atom. The molecule has 1 saturated carbocycles. The second-order valence-corrected chi connectivity index (χ2v) is 6.21. The fourth-order valence-corrected chi connectivity index (χ4v) is 3.33. The van der Waals surface area contributed by atoms with Crippen LogP contribution in [0.2, 0.25) is 0 Å². The van der Waals surface area contributed by atoms with Crippen LogP contribution in [0.25, 0.3) is 10.1 Å². The van der Waals surface area contributed by atoms with Gasteiger partial charge in [0.1, 0.15) is 11.9 Å². The van der Waals surface area contributed by atoms with Crippen molar-refractivity contribution in [3.63, 3.8) is 0 Å². The molecule has 1 aromatic carbocycles. The van der Waals surface area contributed by atoms with Crippen molar-refractivity contribution in [1.29, 1.82) is 0 Å². The summed E-state index contributed by atoms with van der Waals surface area (Å²) in [4.78, 5) is 23.4. The van der Waals surface area contributed by atoms with Gasteiger partial charge >= 0.3 is 0 Å². The molecule has 2 N–H and O–H groups in total. The number of carbonyl (C=O) groups is 2. The van der Waals surface area contributed by atoms with Crippen molar-refractivity contribution in [3.8, 4) is 0 Å². The zero-order chi connectivity index (χ0) is 14.1. The Hall–Kier alpha value is -1.72. The molecule has 1 amide bonds. The van der Waals surface area contributed by atoms with Crippen LogP contribution in [0.15, 0.2) is 30.3 Å². The van der Waals surface area contributed by atoms with Crippen LogP contribution in [0.4, 0.5) is 0 Å². The van der Waals surface area contributed by atoms with Crippen molar-refractivity contribution in [3.05, 3.63) is 35.2 Å². The number of nitrogens with one attached hydrogen (secondary N) is 1. The molecule has 0 saturated heterocycles. The number of ketones is 1. The first-order chi connectivity index (χ1) is 9.63. The molecule has 104 valence electrons. The Labute approximate surface area is 120 Å². The number of aliphatic hydroxyl groups is 1. The Morgan fingerprint density at radius 1 is 1.40 bits per heavy atom. The highest BCUT2D eigenvalue weighted by Gasteiger charge is 2.32. The SMILES string of the molecule is O=C1CC(C(=O)NCC(O)c2cc3ccccc3s2)C1. The average molecular weight is 289 g/mol. The lowest BCUT2D eigenvalue weighted by Crippen LogP contribution is -2.40. The fraction of sp³-hybridized carbons (Fsp3) is 0.333. The van der Waals surface area contributed by atoms with Gasteiger partial charge in [-0.05, 0) is 17.5 Å². The normalized spacial score (nSPS) is 16.9. The predicted molar refractivity (Wildman–Crippen MR) is 77.5 cm³/mol. The molecule has 2 aromatic rings. The van der Waals surface area contributed by atoms with Gasteiger partial charge in [0.05, 0.1) is 5.92 Å². The van der Waals surface area contributed by atoms with E-state index in [1.54, 1.807) is 0 Å². The van der Waals surface area contributed by atoms with E-state index < -0.39 is 6.10 Å². The standard InChI is InChI=1S/C15H15NO3S/c17-11-5-10(6-11)15(19)16-8-12(18)14-7-9-3-1-2-4-13(9)20-14/h1-4,7,10,12,18H,5-6,8H2,(H,16,19). The van der Waals surface area contributed by atoms with Gasteiger partial charge in [-0.25, -0.2) is 0 Å². The number of fused-ring (bicyclic) bond motifs is 1. The number of aliphatic hydroxyl groups excluding tert-OH is 1. The molecule has 1 aliphatic carbocycles. The number of amides is 1. The minimum atomic E-state index is -0.702. The highest BCUT2D eigenvalue weighted by molar-refractivity contribution is 7.19. The Kier molecular flexibility index (Phi) is 3.54. The molecule has 3 rings (SSSR count). The summed E-state index contributed by atoms with van der Waals surface area (Å²) >= 11 is 1.53. The lowest BCUT2D eigenvalue weighted by Gasteiger charge is -2.23. The maximum atomic E-state index is 11.7. The molecule has 1 unspecified atom stereocenters. The van der Waals surface area contributed by atoms with Gasteiger partial charge in [0, 0.05) is 29.0 Å². The summed E-state index contributed by atoms with van der Waals surface area (Å²) < 4.78 is 1.12. The van der Waals surface area contributed by atoms with E-state index in [-0.39, 0.29) is 24.2 Å². The number of hydrogen-bond donors (Lipinski definition) is 2. The van der Waals surface area contributed by atoms with E-state index >= 15 is 0 Å². The summed E-state index contributed by atoms with van der Waals surface area (Å²) in [6.07, 6.45) is -0.0255. The topological polar surface area (TPSA) is 66.4 Å². The quantitative estimate of drug-likeness (QED) is 0.905. The highest BCUT2D eigenvalue weighted by atomic mass is 32.1. The van der Waals surface area contributed by atoms with Gasteiger partial charge in [0.2, 0.25) is 5.91 Å². The smallest absolute Gasteiger partial charge is 0.224 e. The Bertz CT molecular complexity index is 623. The molecule has 1 heterocycles. The van der Waals surface area contributed by atoms with E-state index in [1.165, 1.54) is 11.3 Å². The summed E-state index contributed by atoms with van der Waals surface area (Å²) in [6, 6.07) is 9.88. The number of hydrogen-bond acceptors (Lipinski definition) is 4. The largest absolute Gasteiger partial charge is 0.386 e. The molecule has 0 aliphatic heterocycles. The highest BCUT2D eigenvalue weighted by Crippen LogP contribution is 2.29. The molecule has 0 radical (unpaired) electrons. The molecule has 0 bridgehead atoms. The predicted octanol–water partition coefficient (Wildman–Crippen LogP) is 2.03. The van der Waals surface area contributed by atoms with E-state index in [0.29, 0.717) is 12.8 Å². The minimum Gasteiger partial charge on any atom is -0.386 e. The van der Waals surface area contributed by atoms with Crippen LogP contribution in [0, 0.1) is 5.92 Å². The number of thiophene rings is 1. The van der Waals surface area contributed by atoms with Crippen LogP contribution in [0.1, 0.15) is 23.8 Å². The molecule has 1 aromatic heterocycles. The van der Waals surface area contributed by atoms with Gasteiger partial charge in [0.15, 0.2) is 0 Å². The Balaban J connectivity index is 1.59. The maximum Gasteiger partial charge on any atom is 0.224 e. The minimum absolute atomic E-state index is 0.134. The van der Waals surface area contributed by atoms with Gasteiger partial charge in [-0.3, -0.25) is 9.59 Å². The summed E-state index contributed by atoms with van der Waals surface area (Å²) in [7, 11) is 0. The van der Waals surface area contributed by atoms with Gasteiger partial charge in [-0.15, -0.1) is 11.3 Å². The van der Waals surface area contributed by atoms with Crippen LogP contribution in [-0.2, 0) is 9.59 Å². The van der Waals surface area contributed by atoms with Crippen molar-refractivity contribution >= 4 is 33.1 Å². The number of Topliss-reactive ketones (excluding diaryl/α,β-unsaturated/α-hetero) is 1. The second kappa shape index (κ2) is 5.34. The molecule has 20 heavy (non-hydrogen) atoms. The second-order valence-electron chi connectivity index (χ2n) is 5.09. The summed E-state index contributed by atoms with van der Waals surface area (Å²) in [5.74, 6) is -0.197. The molecular weight excluding hydrogens is 274 g/mol. The van der Waals surface area contributed by atoms with Crippen LogP contribution < -0.4 is 5.32 Å². The summed E-state index contributed by atoms with van der Waals surface area (Å²) in [6.45, 7) is 0.191. The van der Waals surface area contributed by atoms with Crippen molar-refractivity contribution in [2.75, 3.05) is 6.54 Å². The first-order valence-electron chi connectivity index (χ1n) is 6.59. The molecule has 1 aliphatic rings. The van der Waals surface area contributed by atoms with E-state index in [1.807, 2.05) is 30.3 Å². The first kappa shape index (κ1) is 13.3. The molecule has 0 spiro atoms. The molecule has 5 heteroatoms. The third-order valence-corrected chi connectivity index (χ3v) is 4.78. The Morgan fingerprint density at radius 3 is 2.85 bits per heavy atom. The van der Waals surface area contributed by atoms with Gasteiger partial charge in [-0.1, -0.05) is 18.2 Å².